The number of hydrogen-bond donors (Lipinski definition) is 0. The summed E-state index contributed by atoms with van der Waals surface area (Å²) in [5.41, 5.74) is 8.71. The largest absolute Gasteiger partial charge is 0.438 e. The second-order valence-corrected chi connectivity index (χ2v) is 10.3. The van der Waals surface area contributed by atoms with E-state index in [1.54, 1.807) is 0 Å². The van der Waals surface area contributed by atoms with Crippen LogP contribution >= 0.6 is 0 Å². The highest BCUT2D eigenvalue weighted by molar-refractivity contribution is 6.10. The third-order valence-electron chi connectivity index (χ3n) is 7.53. The van der Waals surface area contributed by atoms with Crippen LogP contribution in [0.1, 0.15) is 0 Å². The normalized spacial score (nSPS) is 11.3. The summed E-state index contributed by atoms with van der Waals surface area (Å²) in [5, 5.41) is 1.91. The van der Waals surface area contributed by atoms with Crippen molar-refractivity contribution in [3.05, 3.63) is 146 Å². The van der Waals surface area contributed by atoms with Gasteiger partial charge in [0.2, 0.25) is 5.71 Å². The van der Waals surface area contributed by atoms with Gasteiger partial charge < -0.3 is 4.42 Å². The molecule has 5 nitrogen and oxygen atoms in total. The van der Waals surface area contributed by atoms with Crippen molar-refractivity contribution < 1.29 is 4.42 Å². The lowest BCUT2D eigenvalue weighted by atomic mass is 10.0. The number of furan rings is 1. The van der Waals surface area contributed by atoms with Crippen molar-refractivity contribution >= 4 is 22.1 Å². The molecule has 0 unspecified atom stereocenters. The smallest absolute Gasteiger partial charge is 0.231 e. The molecule has 0 saturated heterocycles. The van der Waals surface area contributed by atoms with Crippen molar-refractivity contribution in [1.82, 2.24) is 19.9 Å². The molecule has 43 heavy (non-hydrogen) atoms. The van der Waals surface area contributed by atoms with E-state index in [9.17, 15) is 0 Å². The summed E-state index contributed by atoms with van der Waals surface area (Å²) in [6, 6.07) is 48.7. The molecule has 0 aliphatic heterocycles. The third kappa shape index (κ3) is 4.63. The van der Waals surface area contributed by atoms with Gasteiger partial charge >= 0.3 is 0 Å². The Morgan fingerprint density at radius 2 is 0.907 bits per heavy atom. The van der Waals surface area contributed by atoms with Gasteiger partial charge in [-0.3, -0.25) is 0 Å². The van der Waals surface area contributed by atoms with Crippen LogP contribution in [-0.2, 0) is 0 Å². The van der Waals surface area contributed by atoms with Gasteiger partial charge in [0.1, 0.15) is 5.58 Å². The predicted octanol–water partition coefficient (Wildman–Crippen LogP) is 9.50. The van der Waals surface area contributed by atoms with Crippen molar-refractivity contribution in [2.45, 2.75) is 0 Å². The first-order chi connectivity index (χ1) is 21.3. The fraction of sp³-hybridized carbons (Fsp3) is 0. The molecule has 0 atom stereocenters. The van der Waals surface area contributed by atoms with Crippen molar-refractivity contribution in [3.8, 4) is 56.5 Å². The summed E-state index contributed by atoms with van der Waals surface area (Å²) in [6.07, 6.45) is 0. The van der Waals surface area contributed by atoms with Crippen LogP contribution in [0.3, 0.4) is 0 Å². The molecule has 0 aliphatic carbocycles. The van der Waals surface area contributed by atoms with Crippen LogP contribution in [0.4, 0.5) is 0 Å². The van der Waals surface area contributed by atoms with E-state index in [1.165, 1.54) is 0 Å². The first kappa shape index (κ1) is 24.8. The Kier molecular flexibility index (Phi) is 6.05. The van der Waals surface area contributed by atoms with Crippen molar-refractivity contribution in [2.75, 3.05) is 0 Å². The van der Waals surface area contributed by atoms with E-state index >= 15 is 0 Å². The molecular formula is C38H24N4O. The maximum Gasteiger partial charge on any atom is 0.231 e. The number of para-hydroxylation sites is 1. The van der Waals surface area contributed by atoms with Gasteiger partial charge in [-0.05, 0) is 18.2 Å². The number of aromatic nitrogens is 4. The van der Waals surface area contributed by atoms with Crippen LogP contribution in [0, 0.1) is 0 Å². The van der Waals surface area contributed by atoms with Crippen molar-refractivity contribution in [2.24, 2.45) is 0 Å². The van der Waals surface area contributed by atoms with E-state index < -0.39 is 0 Å². The summed E-state index contributed by atoms with van der Waals surface area (Å²) in [6.45, 7) is 0. The zero-order valence-corrected chi connectivity index (χ0v) is 23.1. The molecule has 0 bridgehead atoms. The van der Waals surface area contributed by atoms with Gasteiger partial charge in [0.05, 0.1) is 22.5 Å². The Morgan fingerprint density at radius 3 is 1.53 bits per heavy atom. The quantitative estimate of drug-likeness (QED) is 0.213. The Bertz CT molecular complexity index is 2170. The summed E-state index contributed by atoms with van der Waals surface area (Å²) in [5.74, 6) is 1.21. The van der Waals surface area contributed by atoms with Crippen molar-refractivity contribution in [1.29, 1.82) is 0 Å². The fourth-order valence-electron chi connectivity index (χ4n) is 5.44. The van der Waals surface area contributed by atoms with E-state index in [-0.39, 0.29) is 0 Å². The zero-order valence-electron chi connectivity index (χ0n) is 23.1. The topological polar surface area (TPSA) is 64.7 Å². The third-order valence-corrected chi connectivity index (χ3v) is 7.53. The number of fused-ring (bicyclic) bond motifs is 3. The lowest BCUT2D eigenvalue weighted by Crippen LogP contribution is -1.97. The Morgan fingerprint density at radius 1 is 0.395 bits per heavy atom. The molecule has 0 saturated carbocycles. The number of benzene rings is 5. The number of hydrogen-bond acceptors (Lipinski definition) is 5. The summed E-state index contributed by atoms with van der Waals surface area (Å²) >= 11 is 0. The highest BCUT2D eigenvalue weighted by Crippen LogP contribution is 2.37. The summed E-state index contributed by atoms with van der Waals surface area (Å²) in [4.78, 5) is 20.0. The molecule has 0 aliphatic rings. The summed E-state index contributed by atoms with van der Waals surface area (Å²) < 4.78 is 6.25. The van der Waals surface area contributed by atoms with Gasteiger partial charge in [-0.25, -0.2) is 15.0 Å². The minimum Gasteiger partial charge on any atom is -0.438 e. The van der Waals surface area contributed by atoms with Crippen LogP contribution < -0.4 is 0 Å². The van der Waals surface area contributed by atoms with E-state index in [0.29, 0.717) is 17.4 Å². The number of nitrogens with zero attached hydrogens (tertiary/aromatic N) is 4. The standard InChI is InChI=1S/C38H24N4O/c1-4-13-25(14-5-1)31-24-32(26-15-6-2-7-16-26)40-36(39-31)28-19-12-20-29(23-28)37-41-35(27-17-8-3-9-18-27)34-30-21-10-11-22-33(30)43-38(34)42-37/h1-24H. The van der Waals surface area contributed by atoms with Gasteiger partial charge in [-0.1, -0.05) is 127 Å². The average Bonchev–Trinajstić information content (AvgIpc) is 3.47. The van der Waals surface area contributed by atoms with Gasteiger partial charge in [0.25, 0.3) is 0 Å². The molecule has 5 aromatic carbocycles. The Balaban J connectivity index is 1.30. The van der Waals surface area contributed by atoms with Crippen LogP contribution in [-0.4, -0.2) is 19.9 Å². The molecule has 202 valence electrons. The highest BCUT2D eigenvalue weighted by atomic mass is 16.3. The first-order valence-corrected chi connectivity index (χ1v) is 14.2. The van der Waals surface area contributed by atoms with E-state index in [1.807, 2.05) is 97.1 Å². The molecule has 3 aromatic heterocycles. The van der Waals surface area contributed by atoms with Crippen LogP contribution in [0.25, 0.3) is 78.6 Å². The average molecular weight is 553 g/mol. The molecule has 3 heterocycles. The Hall–Kier alpha value is -5.94. The van der Waals surface area contributed by atoms with Gasteiger partial charge in [0.15, 0.2) is 11.6 Å². The molecule has 8 rings (SSSR count). The van der Waals surface area contributed by atoms with Crippen LogP contribution in [0.2, 0.25) is 0 Å². The lowest BCUT2D eigenvalue weighted by Gasteiger charge is -2.11. The van der Waals surface area contributed by atoms with E-state index in [0.717, 1.165) is 61.3 Å². The SMILES string of the molecule is c1ccc(-c2cc(-c3ccccc3)nc(-c3cccc(-c4nc(-c5ccccc5)c5c(n4)oc4ccccc45)c3)n2)cc1. The molecule has 0 spiro atoms. The predicted molar refractivity (Wildman–Crippen MR) is 172 cm³/mol. The molecule has 5 heteroatoms. The molecule has 8 aromatic rings. The lowest BCUT2D eigenvalue weighted by molar-refractivity contribution is 0.653. The van der Waals surface area contributed by atoms with Gasteiger partial charge in [-0.15, -0.1) is 0 Å². The maximum atomic E-state index is 6.25. The minimum absolute atomic E-state index is 0.559. The molecule has 0 fully saturated rings. The molecule has 0 radical (unpaired) electrons. The van der Waals surface area contributed by atoms with Crippen LogP contribution in [0.5, 0.6) is 0 Å². The first-order valence-electron chi connectivity index (χ1n) is 14.2. The monoisotopic (exact) mass is 552 g/mol. The maximum absolute atomic E-state index is 6.25. The van der Waals surface area contributed by atoms with E-state index in [2.05, 4.69) is 48.5 Å². The van der Waals surface area contributed by atoms with E-state index in [4.69, 9.17) is 24.4 Å². The van der Waals surface area contributed by atoms with Gasteiger partial charge in [-0.2, -0.15) is 4.98 Å². The molecule has 0 N–H and O–H groups in total. The van der Waals surface area contributed by atoms with Crippen LogP contribution in [0.15, 0.2) is 150 Å². The van der Waals surface area contributed by atoms with Gasteiger partial charge in [0, 0.05) is 33.2 Å². The summed E-state index contributed by atoms with van der Waals surface area (Å²) in [7, 11) is 0. The number of rotatable bonds is 5. The second-order valence-electron chi connectivity index (χ2n) is 10.3. The molecular weight excluding hydrogens is 528 g/mol. The highest BCUT2D eigenvalue weighted by Gasteiger charge is 2.18. The Labute approximate surface area is 248 Å². The zero-order chi connectivity index (χ0) is 28.6. The fourth-order valence-corrected chi connectivity index (χ4v) is 5.44. The van der Waals surface area contributed by atoms with Crippen molar-refractivity contribution in [3.63, 3.8) is 0 Å². The second kappa shape index (κ2) is 10.5. The molecule has 0 amide bonds. The minimum atomic E-state index is 0.559.